The van der Waals surface area contributed by atoms with Crippen molar-refractivity contribution in [2.24, 2.45) is 0 Å². The van der Waals surface area contributed by atoms with Gasteiger partial charge in [-0.25, -0.2) is 0 Å². The van der Waals surface area contributed by atoms with Crippen molar-refractivity contribution in [2.45, 2.75) is 13.3 Å². The predicted octanol–water partition coefficient (Wildman–Crippen LogP) is 1.20. The lowest BCUT2D eigenvalue weighted by atomic mass is 10.4. The number of anilines is 1. The van der Waals surface area contributed by atoms with Crippen LogP contribution in [0.1, 0.15) is 11.4 Å². The zero-order valence-electron chi connectivity index (χ0n) is 7.11. The van der Waals surface area contributed by atoms with Gasteiger partial charge in [-0.15, -0.1) is 10.2 Å². The van der Waals surface area contributed by atoms with E-state index in [-0.39, 0.29) is 0 Å². The average molecular weight is 182 g/mol. The van der Waals surface area contributed by atoms with Gasteiger partial charge in [-0.1, -0.05) is 11.3 Å². The molecule has 0 spiro atoms. The number of aromatic nitrogens is 2. The number of aryl methyl sites for hydroxylation is 1. The second-order valence-electron chi connectivity index (χ2n) is 2.43. The topological polar surface area (TPSA) is 52.8 Å². The van der Waals surface area contributed by atoms with Crippen molar-refractivity contribution in [1.82, 2.24) is 10.2 Å². The number of hydrogen-bond donors (Lipinski definition) is 0. The Morgan fingerprint density at radius 2 is 2.33 bits per heavy atom. The van der Waals surface area contributed by atoms with Crippen molar-refractivity contribution in [3.8, 4) is 6.07 Å². The van der Waals surface area contributed by atoms with E-state index in [2.05, 4.69) is 16.3 Å². The van der Waals surface area contributed by atoms with Crippen molar-refractivity contribution < 1.29 is 0 Å². The van der Waals surface area contributed by atoms with Crippen molar-refractivity contribution in [3.63, 3.8) is 0 Å². The van der Waals surface area contributed by atoms with E-state index in [0.717, 1.165) is 10.1 Å². The molecule has 0 saturated heterocycles. The minimum Gasteiger partial charge on any atom is -0.349 e. The SMILES string of the molecule is Cc1nnc(N(C)CCC#N)s1. The van der Waals surface area contributed by atoms with Crippen LogP contribution < -0.4 is 4.90 Å². The minimum absolute atomic E-state index is 0.523. The normalized spacial score (nSPS) is 9.42. The van der Waals surface area contributed by atoms with Gasteiger partial charge in [-0.2, -0.15) is 5.26 Å². The largest absolute Gasteiger partial charge is 0.349 e. The zero-order valence-corrected chi connectivity index (χ0v) is 7.93. The van der Waals surface area contributed by atoms with Gasteiger partial charge in [0.05, 0.1) is 12.5 Å². The van der Waals surface area contributed by atoms with E-state index >= 15 is 0 Å². The molecule has 0 aromatic carbocycles. The molecule has 1 heterocycles. The Balaban J connectivity index is 2.54. The van der Waals surface area contributed by atoms with Crippen LogP contribution in [-0.4, -0.2) is 23.8 Å². The van der Waals surface area contributed by atoms with Crippen molar-refractivity contribution >= 4 is 16.5 Å². The van der Waals surface area contributed by atoms with Gasteiger partial charge in [-0.3, -0.25) is 0 Å². The summed E-state index contributed by atoms with van der Waals surface area (Å²) in [7, 11) is 1.91. The van der Waals surface area contributed by atoms with Crippen LogP contribution in [0, 0.1) is 18.3 Å². The van der Waals surface area contributed by atoms with Gasteiger partial charge < -0.3 is 4.90 Å². The third kappa shape index (κ3) is 2.17. The van der Waals surface area contributed by atoms with E-state index in [1.54, 1.807) is 11.3 Å². The Labute approximate surface area is 75.5 Å². The maximum Gasteiger partial charge on any atom is 0.208 e. The fraction of sp³-hybridized carbons (Fsp3) is 0.571. The Kier molecular flexibility index (Phi) is 3.00. The molecule has 1 rings (SSSR count). The molecule has 0 fully saturated rings. The van der Waals surface area contributed by atoms with Gasteiger partial charge in [0, 0.05) is 13.6 Å². The molecule has 5 heteroatoms. The predicted molar refractivity (Wildman–Crippen MR) is 48.1 cm³/mol. The van der Waals surface area contributed by atoms with Gasteiger partial charge in [0.15, 0.2) is 0 Å². The van der Waals surface area contributed by atoms with Crippen LogP contribution in [0.3, 0.4) is 0 Å². The van der Waals surface area contributed by atoms with Gasteiger partial charge in [0.25, 0.3) is 0 Å². The second-order valence-corrected chi connectivity index (χ2v) is 3.59. The van der Waals surface area contributed by atoms with Crippen LogP contribution >= 0.6 is 11.3 Å². The highest BCUT2D eigenvalue weighted by Gasteiger charge is 2.04. The Hall–Kier alpha value is -1.15. The van der Waals surface area contributed by atoms with Crippen molar-refractivity contribution in [1.29, 1.82) is 5.26 Å². The summed E-state index contributed by atoms with van der Waals surface area (Å²) in [6.07, 6.45) is 0.523. The van der Waals surface area contributed by atoms with Crippen LogP contribution in [0.5, 0.6) is 0 Å². The molecular formula is C7H10N4S. The number of nitrogens with zero attached hydrogens (tertiary/aromatic N) is 4. The third-order valence-electron chi connectivity index (χ3n) is 1.40. The lowest BCUT2D eigenvalue weighted by molar-refractivity contribution is 0.880. The van der Waals surface area contributed by atoms with Crippen molar-refractivity contribution in [3.05, 3.63) is 5.01 Å². The second kappa shape index (κ2) is 4.02. The first kappa shape index (κ1) is 8.94. The van der Waals surface area contributed by atoms with Crippen molar-refractivity contribution in [2.75, 3.05) is 18.5 Å². The van der Waals surface area contributed by atoms with E-state index in [1.807, 2.05) is 18.9 Å². The molecule has 0 unspecified atom stereocenters. The van der Waals surface area contributed by atoms with Gasteiger partial charge in [0.1, 0.15) is 5.01 Å². The molecule has 0 bridgehead atoms. The van der Waals surface area contributed by atoms with E-state index in [0.29, 0.717) is 13.0 Å². The molecule has 0 aliphatic carbocycles. The first-order chi connectivity index (χ1) is 5.74. The fourth-order valence-corrected chi connectivity index (χ4v) is 1.43. The van der Waals surface area contributed by atoms with Crippen LogP contribution in [0.4, 0.5) is 5.13 Å². The summed E-state index contributed by atoms with van der Waals surface area (Å²) in [6.45, 7) is 2.63. The zero-order chi connectivity index (χ0) is 8.97. The molecular weight excluding hydrogens is 172 g/mol. The van der Waals surface area contributed by atoms with E-state index in [1.165, 1.54) is 0 Å². The van der Waals surface area contributed by atoms with E-state index in [9.17, 15) is 0 Å². The molecule has 0 aliphatic heterocycles. The first-order valence-electron chi connectivity index (χ1n) is 3.62. The summed E-state index contributed by atoms with van der Waals surface area (Å²) in [4.78, 5) is 1.94. The fourth-order valence-electron chi connectivity index (χ4n) is 0.754. The highest BCUT2D eigenvalue weighted by atomic mass is 32.1. The molecule has 0 N–H and O–H groups in total. The van der Waals surface area contributed by atoms with E-state index < -0.39 is 0 Å². The molecule has 0 aliphatic rings. The highest BCUT2D eigenvalue weighted by Crippen LogP contribution is 2.17. The first-order valence-corrected chi connectivity index (χ1v) is 4.44. The van der Waals surface area contributed by atoms with Crippen LogP contribution in [0.25, 0.3) is 0 Å². The van der Waals surface area contributed by atoms with Crippen LogP contribution in [0.15, 0.2) is 0 Å². The Morgan fingerprint density at radius 1 is 1.58 bits per heavy atom. The van der Waals surface area contributed by atoms with Gasteiger partial charge in [0.2, 0.25) is 5.13 Å². The minimum atomic E-state index is 0.523. The quantitative estimate of drug-likeness (QED) is 0.704. The summed E-state index contributed by atoms with van der Waals surface area (Å²) < 4.78 is 0. The summed E-state index contributed by atoms with van der Waals surface area (Å²) in [5, 5.41) is 18.0. The summed E-state index contributed by atoms with van der Waals surface area (Å²) in [5.41, 5.74) is 0. The molecule has 1 aromatic rings. The smallest absolute Gasteiger partial charge is 0.208 e. The van der Waals surface area contributed by atoms with Crippen LogP contribution in [0.2, 0.25) is 0 Å². The molecule has 0 amide bonds. The standard InChI is InChI=1S/C7H10N4S/c1-6-9-10-7(12-6)11(2)5-3-4-8/h3,5H2,1-2H3. The summed E-state index contributed by atoms with van der Waals surface area (Å²) in [5.74, 6) is 0. The molecule has 0 saturated carbocycles. The average Bonchev–Trinajstić information content (AvgIpc) is 2.47. The lowest BCUT2D eigenvalue weighted by Gasteiger charge is -2.11. The van der Waals surface area contributed by atoms with E-state index in [4.69, 9.17) is 5.26 Å². The molecule has 1 aromatic heterocycles. The number of nitriles is 1. The Morgan fingerprint density at radius 3 is 2.83 bits per heavy atom. The highest BCUT2D eigenvalue weighted by molar-refractivity contribution is 7.15. The third-order valence-corrected chi connectivity index (χ3v) is 2.35. The van der Waals surface area contributed by atoms with Gasteiger partial charge >= 0.3 is 0 Å². The maximum absolute atomic E-state index is 8.36. The lowest BCUT2D eigenvalue weighted by Crippen LogP contribution is -2.17. The molecule has 4 nitrogen and oxygen atoms in total. The molecule has 0 atom stereocenters. The van der Waals surface area contributed by atoms with Crippen LogP contribution in [-0.2, 0) is 0 Å². The summed E-state index contributed by atoms with van der Waals surface area (Å²) >= 11 is 1.54. The summed E-state index contributed by atoms with van der Waals surface area (Å²) in [6, 6.07) is 2.09. The molecule has 0 radical (unpaired) electrons. The number of hydrogen-bond acceptors (Lipinski definition) is 5. The molecule has 64 valence electrons. The van der Waals surface area contributed by atoms with Gasteiger partial charge in [-0.05, 0) is 6.92 Å². The number of rotatable bonds is 3. The monoisotopic (exact) mass is 182 g/mol. The molecule has 12 heavy (non-hydrogen) atoms. The maximum atomic E-state index is 8.36. The Bertz CT molecular complexity index is 288.